The number of carbonyl (C=O) groups excluding carboxylic acids is 3. The van der Waals surface area contributed by atoms with Crippen LogP contribution in [0.25, 0.3) is 0 Å². The first-order valence-corrected chi connectivity index (χ1v) is 40.2. The maximum absolute atomic E-state index is 13.2. The lowest BCUT2D eigenvalue weighted by Gasteiger charge is -2.28. The quantitative estimate of drug-likeness (QED) is 0.0180. The molecule has 0 spiro atoms. The minimum atomic E-state index is -1.46. The third-order valence-corrected chi connectivity index (χ3v) is 18.1. The van der Waals surface area contributed by atoms with Gasteiger partial charge in [-0.1, -0.05) is 339 Å². The van der Waals surface area contributed by atoms with E-state index in [1.165, 1.54) is 244 Å². The molecule has 0 saturated carbocycles. The number of aliphatic hydroxyl groups excluding tert-OH is 1. The van der Waals surface area contributed by atoms with Gasteiger partial charge in [0.05, 0.1) is 34.0 Å². The Balaban J connectivity index is 0. The average Bonchev–Trinajstić information content (AvgIpc) is 3.56. The monoisotopic (exact) mass is 1250 g/mol. The standard InChI is InChI=1S/C40H80BNO4PS.C28H58BNO3PS/c1-4-7-10-13-16-19-20-23-25-28-31-34-39(43)42-37(36-45-48-47-41)38(33-30-27-24-21-17-14-11-8-5-2)46-40(44)35-32-29-26-22-18-15-12-9-6-3;1-3-5-7-9-11-13-14-16-18-20-22-24-28(32)30-26(25-33-35-34-29)27(31)23-21-19-17-15-12-10-8-6-4-2/h37-38,41,47H,4-36H2,1-3H3,(H,42,43);26-27,29,31,34H,3-25H2,1-2H3,(H,30,32)/t37-,38-,47?;26-,27-,34?/m00/s1/i41T,47D;29T,34D. The van der Waals surface area contributed by atoms with Gasteiger partial charge in [-0.05, 0) is 41.2 Å². The Kier molecular flexibility index (Phi) is 67.7. The number of ether oxygens (including phenoxy) is 1. The van der Waals surface area contributed by atoms with Crippen molar-refractivity contribution in [1.82, 2.24) is 10.6 Å². The summed E-state index contributed by atoms with van der Waals surface area (Å²) in [6.07, 6.45) is 61.8. The minimum Gasteiger partial charge on any atom is -0.460 e. The van der Waals surface area contributed by atoms with Crippen LogP contribution in [0.2, 0.25) is 0 Å². The van der Waals surface area contributed by atoms with Crippen LogP contribution in [-0.4, -0.2) is 80.7 Å². The van der Waals surface area contributed by atoms with E-state index in [2.05, 4.69) is 45.3 Å². The summed E-state index contributed by atoms with van der Waals surface area (Å²) in [5, 5.41) is 16.9. The van der Waals surface area contributed by atoms with Crippen molar-refractivity contribution >= 4 is 71.4 Å². The Hall–Kier alpha value is -0.0201. The van der Waals surface area contributed by atoms with Crippen molar-refractivity contribution in [3.05, 3.63) is 0 Å². The minimum absolute atomic E-state index is 0.0215. The fourth-order valence-corrected chi connectivity index (χ4v) is 12.2. The van der Waals surface area contributed by atoms with Gasteiger partial charge >= 0.3 is 5.97 Å². The molecule has 0 rings (SSSR count). The molecule has 6 atom stereocenters. The van der Waals surface area contributed by atoms with Crippen LogP contribution in [0, 0.1) is 0 Å². The van der Waals surface area contributed by atoms with Crippen LogP contribution < -0.4 is 10.6 Å². The molecule has 490 valence electrons. The molecule has 3 N–H and O–H groups in total. The van der Waals surface area contributed by atoms with Gasteiger partial charge in [0.15, 0.2) is 0 Å². The largest absolute Gasteiger partial charge is 0.460 e. The van der Waals surface area contributed by atoms with Gasteiger partial charge in [0.25, 0.3) is 0 Å². The summed E-state index contributed by atoms with van der Waals surface area (Å²) in [6.45, 7) is 11.6. The van der Waals surface area contributed by atoms with E-state index >= 15 is 0 Å². The molecule has 0 aliphatic rings. The van der Waals surface area contributed by atoms with Crippen LogP contribution in [0.5, 0.6) is 0 Å². The topological polar surface area (TPSA) is 123 Å². The highest BCUT2D eigenvalue weighted by molar-refractivity contribution is 8.53. The van der Waals surface area contributed by atoms with Gasteiger partial charge in [-0.15, -0.1) is 0 Å². The highest BCUT2D eigenvalue weighted by atomic mass is 32.7. The number of unbranched alkanes of at least 4 members (excludes halogenated alkanes) is 44. The lowest BCUT2D eigenvalue weighted by Crippen LogP contribution is -2.48. The summed E-state index contributed by atoms with van der Waals surface area (Å²) in [5.74, 6) is -0.235. The predicted molar refractivity (Wildman–Crippen MR) is 375 cm³/mol. The highest BCUT2D eigenvalue weighted by Crippen LogP contribution is 2.27. The number of rotatable bonds is 69. The van der Waals surface area contributed by atoms with E-state index in [1.54, 1.807) is 0 Å². The Labute approximate surface area is 535 Å². The number of nitrogens with one attached hydrogen (secondary N) is 2. The first-order valence-electron chi connectivity index (χ1n) is 37.6. The predicted octanol–water partition coefficient (Wildman–Crippen LogP) is 21.5. The van der Waals surface area contributed by atoms with Crippen LogP contribution in [0.4, 0.5) is 0 Å². The van der Waals surface area contributed by atoms with Gasteiger partial charge in [-0.25, -0.2) is 0 Å². The Morgan fingerprint density at radius 1 is 0.410 bits per heavy atom. The molecule has 15 heteroatoms. The zero-order chi connectivity index (χ0) is 64.2. The van der Waals surface area contributed by atoms with Crippen LogP contribution in [0.15, 0.2) is 0 Å². The molecular formula is C68H138B2N2O7P2S2. The Morgan fingerprint density at radius 2 is 0.675 bits per heavy atom. The lowest BCUT2D eigenvalue weighted by atomic mass is 10.0. The Bertz CT molecular complexity index is 1440. The van der Waals surface area contributed by atoms with Crippen molar-refractivity contribution in [2.75, 3.05) is 13.2 Å². The molecule has 9 nitrogen and oxygen atoms in total. The van der Waals surface area contributed by atoms with Gasteiger partial charge in [-0.3, -0.25) is 14.4 Å². The van der Waals surface area contributed by atoms with Gasteiger partial charge in [0.1, 0.15) is 21.2 Å². The number of amides is 2. The SMILES string of the molecule is [2H]P([B][3H])SOC[C@H](NC(=O)CCCCCCCCCCCCC)[C@@H](O)CCCCCCCCCCC.[2H]P([B][3H])SOC[C@H](NC(=O)CCCCCCCCCCCCC)[C@H](CCCCCCCCCCC)OC(=O)CCCCCCCCCCC. The van der Waals surface area contributed by atoms with Crippen LogP contribution in [0.3, 0.4) is 0 Å². The van der Waals surface area contributed by atoms with E-state index in [9.17, 15) is 19.5 Å². The van der Waals surface area contributed by atoms with E-state index in [4.69, 9.17) is 18.3 Å². The van der Waals surface area contributed by atoms with Crippen molar-refractivity contribution < 1.29 is 32.6 Å². The maximum Gasteiger partial charge on any atom is 0.306 e. The number of carbonyl (C=O) groups is 3. The highest BCUT2D eigenvalue weighted by Gasteiger charge is 2.27. The summed E-state index contributed by atoms with van der Waals surface area (Å²) in [5.41, 5.74) is 0. The smallest absolute Gasteiger partial charge is 0.306 e. The molecule has 0 aliphatic heterocycles. The van der Waals surface area contributed by atoms with Crippen molar-refractivity contribution in [3.8, 4) is 0 Å². The van der Waals surface area contributed by atoms with Crippen molar-refractivity contribution in [2.24, 2.45) is 0 Å². The number of hydrogen-bond acceptors (Lipinski definition) is 9. The molecule has 2 radical (unpaired) electrons. The van der Waals surface area contributed by atoms with Crippen LogP contribution >= 0.6 is 38.5 Å². The van der Waals surface area contributed by atoms with Gasteiger partial charge < -0.3 is 28.8 Å². The zero-order valence-corrected chi connectivity index (χ0v) is 58.6. The summed E-state index contributed by atoms with van der Waals surface area (Å²) >= 11 is 1.93. The van der Waals surface area contributed by atoms with E-state index in [0.717, 1.165) is 109 Å². The molecule has 0 aromatic carbocycles. The summed E-state index contributed by atoms with van der Waals surface area (Å²) in [7, 11) is -0.711. The molecule has 0 aromatic heterocycles. The van der Waals surface area contributed by atoms with E-state index in [0.29, 0.717) is 32.1 Å². The molecule has 0 aliphatic carbocycles. The second kappa shape index (κ2) is 72.7. The van der Waals surface area contributed by atoms with Crippen molar-refractivity contribution in [3.63, 3.8) is 0 Å². The first-order chi connectivity index (χ1) is 42.5. The maximum atomic E-state index is 13.2. The fraction of sp³-hybridized carbons (Fsp3) is 0.956. The number of esters is 1. The third kappa shape index (κ3) is 66.2. The van der Waals surface area contributed by atoms with Crippen LogP contribution in [-0.2, 0) is 27.5 Å². The van der Waals surface area contributed by atoms with E-state index in [-0.39, 0.29) is 31.0 Å². The van der Waals surface area contributed by atoms with E-state index in [1.807, 2.05) is 0 Å². The number of aliphatic hydroxyl groups is 1. The molecule has 0 aromatic rings. The second-order valence-corrected chi connectivity index (χ2v) is 27.6. The first kappa shape index (κ1) is 77.2. The summed E-state index contributed by atoms with van der Waals surface area (Å²) < 4.78 is 47.5. The van der Waals surface area contributed by atoms with Crippen LogP contribution in [0.1, 0.15) is 381 Å². The number of hydrogen-bond donors (Lipinski definition) is 3. The lowest BCUT2D eigenvalue weighted by molar-refractivity contribution is -0.152. The molecule has 0 heterocycles. The molecule has 2 unspecified atom stereocenters. The van der Waals surface area contributed by atoms with Gasteiger partial charge in [-0.2, -0.15) is 0 Å². The molecule has 2 amide bonds. The average molecular weight is 1250 g/mol. The summed E-state index contributed by atoms with van der Waals surface area (Å²) in [6, 6.07) is -0.922. The molecule has 0 saturated heterocycles. The van der Waals surface area contributed by atoms with Gasteiger partial charge in [0.2, 0.25) is 11.8 Å². The molecule has 83 heavy (non-hydrogen) atoms. The van der Waals surface area contributed by atoms with Crippen molar-refractivity contribution in [1.29, 1.82) is 5.23 Å². The fourth-order valence-electron chi connectivity index (χ4n) is 10.9. The second-order valence-electron chi connectivity index (χ2n) is 24.3. The van der Waals surface area contributed by atoms with Crippen molar-refractivity contribution in [2.45, 2.75) is 406 Å². The zero-order valence-electron chi connectivity index (χ0n) is 59.2. The van der Waals surface area contributed by atoms with E-state index < -0.39 is 39.5 Å². The Morgan fingerprint density at radius 3 is 1.00 bits per heavy atom. The molecule has 0 fully saturated rings. The molecular weight excluding hydrogens is 1100 g/mol. The third-order valence-electron chi connectivity index (χ3n) is 16.3. The normalized spacial score (nSPS) is 14.2. The van der Waals surface area contributed by atoms with Gasteiger partial charge in [0, 0.05) is 42.6 Å². The molecule has 0 bridgehead atoms. The summed E-state index contributed by atoms with van der Waals surface area (Å²) in [4.78, 5) is 38.8.